The van der Waals surface area contributed by atoms with E-state index in [1.54, 1.807) is 11.8 Å². The summed E-state index contributed by atoms with van der Waals surface area (Å²) in [7, 11) is 1.96. The lowest BCUT2D eigenvalue weighted by Gasteiger charge is -2.11. The second-order valence-electron chi connectivity index (χ2n) is 3.99. The van der Waals surface area contributed by atoms with Crippen LogP contribution in [0.2, 0.25) is 0 Å². The van der Waals surface area contributed by atoms with Gasteiger partial charge < -0.3 is 5.32 Å². The second-order valence-corrected chi connectivity index (χ2v) is 6.00. The molecule has 1 unspecified atom stereocenters. The first-order valence-corrected chi connectivity index (χ1v) is 7.36. The Morgan fingerprint density at radius 1 is 1.22 bits per heavy atom. The van der Waals surface area contributed by atoms with Gasteiger partial charge >= 0.3 is 0 Å². The Morgan fingerprint density at radius 3 is 2.61 bits per heavy atom. The zero-order chi connectivity index (χ0) is 13.0. The quantitative estimate of drug-likeness (QED) is 0.909. The third-order valence-corrected chi connectivity index (χ3v) is 4.20. The molecule has 0 aliphatic heterocycles. The number of aromatic nitrogens is 1. The van der Waals surface area contributed by atoms with Crippen molar-refractivity contribution in [2.75, 3.05) is 7.05 Å². The van der Waals surface area contributed by atoms with Crippen molar-refractivity contribution >= 4 is 27.7 Å². The number of rotatable bonds is 4. The van der Waals surface area contributed by atoms with Crippen LogP contribution in [0.4, 0.5) is 0 Å². The molecule has 18 heavy (non-hydrogen) atoms. The Morgan fingerprint density at radius 2 is 1.94 bits per heavy atom. The summed E-state index contributed by atoms with van der Waals surface area (Å²) in [5, 5.41) is 4.26. The summed E-state index contributed by atoms with van der Waals surface area (Å²) in [4.78, 5) is 5.59. The van der Waals surface area contributed by atoms with Gasteiger partial charge in [0.15, 0.2) is 0 Å². The molecule has 1 N–H and O–H groups in total. The Balaban J connectivity index is 2.16. The third kappa shape index (κ3) is 3.57. The van der Waals surface area contributed by atoms with E-state index in [9.17, 15) is 0 Å². The molecule has 0 bridgehead atoms. The fraction of sp³-hybridized carbons (Fsp3) is 0.214. The molecule has 1 aromatic carbocycles. The van der Waals surface area contributed by atoms with Crippen molar-refractivity contribution in [3.63, 3.8) is 0 Å². The van der Waals surface area contributed by atoms with Crippen LogP contribution in [0.3, 0.4) is 0 Å². The minimum absolute atomic E-state index is 0.345. The molecule has 0 aliphatic rings. The van der Waals surface area contributed by atoms with Crippen molar-refractivity contribution in [2.45, 2.75) is 22.9 Å². The first kappa shape index (κ1) is 13.6. The number of benzene rings is 1. The van der Waals surface area contributed by atoms with Crippen molar-refractivity contribution in [3.8, 4) is 0 Å². The first-order chi connectivity index (χ1) is 8.69. The average molecular weight is 323 g/mol. The Hall–Kier alpha value is -0.840. The van der Waals surface area contributed by atoms with Gasteiger partial charge in [-0.3, -0.25) is 0 Å². The first-order valence-electron chi connectivity index (χ1n) is 5.75. The highest BCUT2D eigenvalue weighted by molar-refractivity contribution is 9.10. The van der Waals surface area contributed by atoms with E-state index >= 15 is 0 Å². The Labute approximate surface area is 120 Å². The Kier molecular flexibility index (Phi) is 4.80. The molecule has 2 nitrogen and oxygen atoms in total. The molecular weight excluding hydrogens is 308 g/mol. The predicted molar refractivity (Wildman–Crippen MR) is 80.0 cm³/mol. The van der Waals surface area contributed by atoms with Gasteiger partial charge in [0.25, 0.3) is 0 Å². The van der Waals surface area contributed by atoms with Gasteiger partial charge in [-0.25, -0.2) is 4.98 Å². The van der Waals surface area contributed by atoms with E-state index in [1.807, 2.05) is 31.4 Å². The minimum atomic E-state index is 0.345. The summed E-state index contributed by atoms with van der Waals surface area (Å²) >= 11 is 5.12. The van der Waals surface area contributed by atoms with Crippen LogP contribution in [-0.4, -0.2) is 12.0 Å². The molecule has 1 aromatic heterocycles. The molecule has 4 heteroatoms. The van der Waals surface area contributed by atoms with Gasteiger partial charge in [0, 0.05) is 21.6 Å². The van der Waals surface area contributed by atoms with E-state index in [2.05, 4.69) is 51.4 Å². The zero-order valence-corrected chi connectivity index (χ0v) is 12.8. The number of nitrogens with one attached hydrogen (secondary N) is 1. The number of pyridine rings is 1. The number of hydrogen-bond acceptors (Lipinski definition) is 3. The normalized spacial score (nSPS) is 12.4. The maximum atomic E-state index is 4.40. The maximum absolute atomic E-state index is 4.40. The maximum Gasteiger partial charge on any atom is 0.101 e. The number of halogens is 1. The van der Waals surface area contributed by atoms with Crippen LogP contribution in [0, 0.1) is 0 Å². The van der Waals surface area contributed by atoms with Gasteiger partial charge in [0.1, 0.15) is 5.03 Å². The molecule has 1 heterocycles. The van der Waals surface area contributed by atoms with Crippen LogP contribution in [0.5, 0.6) is 0 Å². The lowest BCUT2D eigenvalue weighted by molar-refractivity contribution is 0.649. The smallest absolute Gasteiger partial charge is 0.101 e. The summed E-state index contributed by atoms with van der Waals surface area (Å²) < 4.78 is 1.09. The molecule has 0 aliphatic carbocycles. The monoisotopic (exact) mass is 322 g/mol. The standard InChI is InChI=1S/C14H15BrN2S/c1-10(16-2)11-7-8-17-14(9-11)18-13-5-3-12(15)4-6-13/h3-10,16H,1-2H3. The van der Waals surface area contributed by atoms with E-state index in [-0.39, 0.29) is 0 Å². The molecule has 2 rings (SSSR count). The van der Waals surface area contributed by atoms with E-state index in [4.69, 9.17) is 0 Å². The summed E-state index contributed by atoms with van der Waals surface area (Å²) in [5.41, 5.74) is 1.26. The van der Waals surface area contributed by atoms with Crippen molar-refractivity contribution in [3.05, 3.63) is 52.6 Å². The fourth-order valence-electron chi connectivity index (χ4n) is 1.54. The summed E-state index contributed by atoms with van der Waals surface area (Å²) in [6, 6.07) is 12.8. The largest absolute Gasteiger partial charge is 0.313 e. The van der Waals surface area contributed by atoms with E-state index in [1.165, 1.54) is 10.5 Å². The highest BCUT2D eigenvalue weighted by Gasteiger charge is 2.05. The van der Waals surface area contributed by atoms with Crippen molar-refractivity contribution in [1.29, 1.82) is 0 Å². The highest BCUT2D eigenvalue weighted by Crippen LogP contribution is 2.28. The number of nitrogens with zero attached hydrogens (tertiary/aromatic N) is 1. The molecule has 0 saturated carbocycles. The van der Waals surface area contributed by atoms with Crippen LogP contribution >= 0.6 is 27.7 Å². The second kappa shape index (κ2) is 6.36. The molecule has 0 fully saturated rings. The molecule has 94 valence electrons. The molecule has 0 amide bonds. The topological polar surface area (TPSA) is 24.9 Å². The summed E-state index contributed by atoms with van der Waals surface area (Å²) in [6.07, 6.45) is 1.87. The molecule has 0 saturated heterocycles. The van der Waals surface area contributed by atoms with Crippen LogP contribution in [-0.2, 0) is 0 Å². The minimum Gasteiger partial charge on any atom is -0.313 e. The van der Waals surface area contributed by atoms with Gasteiger partial charge in [-0.15, -0.1) is 0 Å². The van der Waals surface area contributed by atoms with E-state index in [0.717, 1.165) is 9.50 Å². The average Bonchev–Trinajstić information content (AvgIpc) is 2.41. The molecular formula is C14H15BrN2S. The molecule has 1 atom stereocenters. The zero-order valence-electron chi connectivity index (χ0n) is 10.4. The van der Waals surface area contributed by atoms with Crippen LogP contribution in [0.1, 0.15) is 18.5 Å². The van der Waals surface area contributed by atoms with Crippen molar-refractivity contribution in [1.82, 2.24) is 10.3 Å². The van der Waals surface area contributed by atoms with E-state index < -0.39 is 0 Å². The molecule has 0 spiro atoms. The lowest BCUT2D eigenvalue weighted by Crippen LogP contribution is -2.12. The summed E-state index contributed by atoms with van der Waals surface area (Å²) in [6.45, 7) is 2.14. The number of hydrogen-bond donors (Lipinski definition) is 1. The predicted octanol–water partition coefficient (Wildman–Crippen LogP) is 4.28. The third-order valence-electron chi connectivity index (χ3n) is 2.73. The van der Waals surface area contributed by atoms with Gasteiger partial charge in [0.2, 0.25) is 0 Å². The van der Waals surface area contributed by atoms with E-state index in [0.29, 0.717) is 6.04 Å². The van der Waals surface area contributed by atoms with Crippen LogP contribution in [0.15, 0.2) is 57.0 Å². The Bertz CT molecular complexity index is 513. The van der Waals surface area contributed by atoms with Gasteiger partial charge in [0.05, 0.1) is 0 Å². The molecule has 2 aromatic rings. The van der Waals surface area contributed by atoms with Crippen molar-refractivity contribution < 1.29 is 0 Å². The van der Waals surface area contributed by atoms with Crippen LogP contribution < -0.4 is 5.32 Å². The van der Waals surface area contributed by atoms with Gasteiger partial charge in [-0.1, -0.05) is 27.7 Å². The fourth-order valence-corrected chi connectivity index (χ4v) is 2.63. The van der Waals surface area contributed by atoms with Crippen molar-refractivity contribution in [2.24, 2.45) is 0 Å². The van der Waals surface area contributed by atoms with Crippen LogP contribution in [0.25, 0.3) is 0 Å². The van der Waals surface area contributed by atoms with Gasteiger partial charge in [-0.2, -0.15) is 0 Å². The highest BCUT2D eigenvalue weighted by atomic mass is 79.9. The lowest BCUT2D eigenvalue weighted by atomic mass is 10.1. The SMILES string of the molecule is CNC(C)c1ccnc(Sc2ccc(Br)cc2)c1. The molecule has 0 radical (unpaired) electrons. The van der Waals surface area contributed by atoms with Gasteiger partial charge in [-0.05, 0) is 55.9 Å². The summed E-state index contributed by atoms with van der Waals surface area (Å²) in [5.74, 6) is 0.